The van der Waals surface area contributed by atoms with Gasteiger partial charge in [-0.05, 0) is 37.0 Å². The zero-order valence-electron chi connectivity index (χ0n) is 11.3. The zero-order chi connectivity index (χ0) is 13.8. The van der Waals surface area contributed by atoms with Crippen molar-refractivity contribution < 1.29 is 13.6 Å². The van der Waals surface area contributed by atoms with Gasteiger partial charge in [0.2, 0.25) is 0 Å². The van der Waals surface area contributed by atoms with Crippen LogP contribution in [0, 0.1) is 24.5 Å². The summed E-state index contributed by atoms with van der Waals surface area (Å²) in [5.74, 6) is -0.812. The number of hydrogen-bond acceptors (Lipinski definition) is 1. The Kier molecular flexibility index (Phi) is 4.67. The van der Waals surface area contributed by atoms with Crippen LogP contribution >= 0.6 is 0 Å². The van der Waals surface area contributed by atoms with Crippen LogP contribution in [0.2, 0.25) is 0 Å². The second-order valence-electron chi connectivity index (χ2n) is 5.55. The van der Waals surface area contributed by atoms with Crippen molar-refractivity contribution in [1.82, 2.24) is 0 Å². The normalized spacial score (nSPS) is 16.6. The van der Waals surface area contributed by atoms with Crippen LogP contribution in [0.1, 0.15) is 60.9 Å². The molecule has 0 saturated heterocycles. The molecule has 1 aromatic rings. The smallest absolute Gasteiger partial charge is 0.165 e. The molecule has 104 valence electrons. The van der Waals surface area contributed by atoms with Gasteiger partial charge in [-0.3, -0.25) is 4.79 Å². The van der Waals surface area contributed by atoms with Crippen LogP contribution in [-0.2, 0) is 0 Å². The molecule has 0 bridgehead atoms. The molecule has 0 aliphatic heterocycles. The minimum absolute atomic E-state index is 0.0982. The van der Waals surface area contributed by atoms with Gasteiger partial charge in [0.15, 0.2) is 5.78 Å². The first-order valence-electron chi connectivity index (χ1n) is 7.07. The van der Waals surface area contributed by atoms with Crippen molar-refractivity contribution in [3.05, 3.63) is 34.9 Å². The fraction of sp³-hybridized carbons (Fsp3) is 0.562. The Morgan fingerprint density at radius 1 is 1.16 bits per heavy atom. The Labute approximate surface area is 113 Å². The lowest BCUT2D eigenvalue weighted by Crippen LogP contribution is -2.10. The third kappa shape index (κ3) is 3.62. The first-order chi connectivity index (χ1) is 9.08. The van der Waals surface area contributed by atoms with Crippen LogP contribution in [0.15, 0.2) is 12.1 Å². The Morgan fingerprint density at radius 2 is 1.84 bits per heavy atom. The molecule has 1 aliphatic rings. The van der Waals surface area contributed by atoms with Crippen LogP contribution in [0.25, 0.3) is 0 Å². The van der Waals surface area contributed by atoms with Gasteiger partial charge < -0.3 is 0 Å². The van der Waals surface area contributed by atoms with E-state index < -0.39 is 11.6 Å². The topological polar surface area (TPSA) is 17.1 Å². The molecule has 0 heterocycles. The monoisotopic (exact) mass is 266 g/mol. The standard InChI is InChI=1S/C16H20F2O/c1-11-9-15(18)13(10-14(11)17)16(19)8-7-12-5-3-2-4-6-12/h9-10,12H,2-8H2,1H3. The Morgan fingerprint density at radius 3 is 2.53 bits per heavy atom. The highest BCUT2D eigenvalue weighted by Crippen LogP contribution is 2.28. The fourth-order valence-corrected chi connectivity index (χ4v) is 2.81. The number of carbonyl (C=O) groups is 1. The molecule has 0 amide bonds. The molecule has 0 radical (unpaired) electrons. The van der Waals surface area contributed by atoms with E-state index in [0.717, 1.165) is 31.4 Å². The van der Waals surface area contributed by atoms with Crippen molar-refractivity contribution in [3.8, 4) is 0 Å². The Hall–Kier alpha value is -1.25. The van der Waals surface area contributed by atoms with E-state index in [1.165, 1.54) is 26.2 Å². The van der Waals surface area contributed by atoms with Crippen LogP contribution < -0.4 is 0 Å². The number of carbonyl (C=O) groups excluding carboxylic acids is 1. The summed E-state index contributed by atoms with van der Waals surface area (Å²) < 4.78 is 27.1. The summed E-state index contributed by atoms with van der Waals surface area (Å²) in [6.07, 6.45) is 7.19. The molecule has 1 fully saturated rings. The second-order valence-corrected chi connectivity index (χ2v) is 5.55. The molecule has 1 aliphatic carbocycles. The maximum atomic E-state index is 13.7. The quantitative estimate of drug-likeness (QED) is 0.714. The molecule has 0 aromatic heterocycles. The van der Waals surface area contributed by atoms with Gasteiger partial charge in [-0.15, -0.1) is 0 Å². The summed E-state index contributed by atoms with van der Waals surface area (Å²) in [6, 6.07) is 2.14. The van der Waals surface area contributed by atoms with Gasteiger partial charge in [-0.1, -0.05) is 32.1 Å². The van der Waals surface area contributed by atoms with Crippen molar-refractivity contribution in [3.63, 3.8) is 0 Å². The summed E-state index contributed by atoms with van der Waals surface area (Å²) in [4.78, 5) is 12.0. The molecule has 1 aromatic carbocycles. The van der Waals surface area contributed by atoms with Crippen molar-refractivity contribution in [1.29, 1.82) is 0 Å². The predicted octanol–water partition coefficient (Wildman–Crippen LogP) is 4.82. The highest BCUT2D eigenvalue weighted by molar-refractivity contribution is 5.96. The first-order valence-corrected chi connectivity index (χ1v) is 7.07. The first kappa shape index (κ1) is 14.2. The zero-order valence-corrected chi connectivity index (χ0v) is 11.3. The predicted molar refractivity (Wildman–Crippen MR) is 71.2 cm³/mol. The van der Waals surface area contributed by atoms with Crippen molar-refractivity contribution in [2.75, 3.05) is 0 Å². The highest BCUT2D eigenvalue weighted by atomic mass is 19.1. The number of Topliss-reactive ketones (excluding diaryl/α,β-unsaturated/α-hetero) is 1. The minimum atomic E-state index is -0.604. The van der Waals surface area contributed by atoms with Crippen molar-refractivity contribution in [2.24, 2.45) is 5.92 Å². The van der Waals surface area contributed by atoms with Gasteiger partial charge in [-0.25, -0.2) is 8.78 Å². The Balaban J connectivity index is 1.97. The number of halogens is 2. The SMILES string of the molecule is Cc1cc(F)c(C(=O)CCC2CCCCC2)cc1F. The molecule has 1 nitrogen and oxygen atoms in total. The molecule has 1 saturated carbocycles. The van der Waals surface area contributed by atoms with Gasteiger partial charge in [0, 0.05) is 6.42 Å². The van der Waals surface area contributed by atoms with E-state index in [1.807, 2.05) is 0 Å². The number of ketones is 1. The molecular weight excluding hydrogens is 246 g/mol. The summed E-state index contributed by atoms with van der Waals surface area (Å²) in [5, 5.41) is 0. The number of hydrogen-bond donors (Lipinski definition) is 0. The fourth-order valence-electron chi connectivity index (χ4n) is 2.81. The lowest BCUT2D eigenvalue weighted by Gasteiger charge is -2.20. The largest absolute Gasteiger partial charge is 0.294 e. The lowest BCUT2D eigenvalue weighted by molar-refractivity contribution is 0.0965. The van der Waals surface area contributed by atoms with Crippen molar-refractivity contribution >= 4 is 5.78 Å². The molecule has 3 heteroatoms. The van der Waals surface area contributed by atoms with Crippen LogP contribution in [0.4, 0.5) is 8.78 Å². The van der Waals surface area contributed by atoms with E-state index in [4.69, 9.17) is 0 Å². The lowest BCUT2D eigenvalue weighted by atomic mass is 9.85. The summed E-state index contributed by atoms with van der Waals surface area (Å²) in [7, 11) is 0. The number of aryl methyl sites for hydroxylation is 1. The van der Waals surface area contributed by atoms with E-state index >= 15 is 0 Å². The number of benzene rings is 1. The molecular formula is C16H20F2O. The van der Waals surface area contributed by atoms with Gasteiger partial charge in [-0.2, -0.15) is 0 Å². The molecule has 0 N–H and O–H groups in total. The molecule has 19 heavy (non-hydrogen) atoms. The molecule has 2 rings (SSSR count). The van der Waals surface area contributed by atoms with E-state index in [0.29, 0.717) is 12.3 Å². The van der Waals surface area contributed by atoms with E-state index in [9.17, 15) is 13.6 Å². The average molecular weight is 266 g/mol. The van der Waals surface area contributed by atoms with Crippen molar-refractivity contribution in [2.45, 2.75) is 51.9 Å². The van der Waals surface area contributed by atoms with E-state index in [2.05, 4.69) is 0 Å². The molecule has 0 atom stereocenters. The van der Waals surface area contributed by atoms with E-state index in [-0.39, 0.29) is 16.9 Å². The maximum Gasteiger partial charge on any atom is 0.165 e. The summed E-state index contributed by atoms with van der Waals surface area (Å²) >= 11 is 0. The summed E-state index contributed by atoms with van der Waals surface area (Å²) in [6.45, 7) is 1.49. The molecule has 0 spiro atoms. The third-order valence-corrected chi connectivity index (χ3v) is 4.05. The summed E-state index contributed by atoms with van der Waals surface area (Å²) in [5.41, 5.74) is 0.139. The van der Waals surface area contributed by atoms with Gasteiger partial charge in [0.1, 0.15) is 11.6 Å². The highest BCUT2D eigenvalue weighted by Gasteiger charge is 2.18. The Bertz CT molecular complexity index is 462. The van der Waals surface area contributed by atoms with Crippen LogP contribution in [0.3, 0.4) is 0 Å². The van der Waals surface area contributed by atoms with E-state index in [1.54, 1.807) is 0 Å². The van der Waals surface area contributed by atoms with Crippen LogP contribution in [0.5, 0.6) is 0 Å². The third-order valence-electron chi connectivity index (χ3n) is 4.05. The van der Waals surface area contributed by atoms with Gasteiger partial charge >= 0.3 is 0 Å². The minimum Gasteiger partial charge on any atom is -0.294 e. The number of rotatable bonds is 4. The van der Waals surface area contributed by atoms with Crippen LogP contribution in [-0.4, -0.2) is 5.78 Å². The average Bonchev–Trinajstić information content (AvgIpc) is 2.41. The van der Waals surface area contributed by atoms with Gasteiger partial charge in [0.05, 0.1) is 5.56 Å². The maximum absolute atomic E-state index is 13.7. The van der Waals surface area contributed by atoms with Gasteiger partial charge in [0.25, 0.3) is 0 Å². The molecule has 0 unspecified atom stereocenters. The second kappa shape index (κ2) is 6.27.